The van der Waals surface area contributed by atoms with Gasteiger partial charge in [-0.1, -0.05) is 70.0 Å². The molecule has 0 bridgehead atoms. The van der Waals surface area contributed by atoms with E-state index in [1.807, 2.05) is 73.1 Å². The fourth-order valence-corrected chi connectivity index (χ4v) is 6.03. The van der Waals surface area contributed by atoms with Crippen molar-refractivity contribution >= 4 is 17.7 Å². The van der Waals surface area contributed by atoms with Crippen LogP contribution in [0.4, 0.5) is 0 Å². The Morgan fingerprint density at radius 1 is 1.04 bits per heavy atom. The highest BCUT2D eigenvalue weighted by atomic mass is 16.5. The minimum absolute atomic E-state index is 0.0579. The maximum Gasteiger partial charge on any atom is 0.272 e. The highest BCUT2D eigenvalue weighted by Gasteiger charge is 2.29. The Kier molecular flexibility index (Phi) is 12.2. The van der Waals surface area contributed by atoms with Gasteiger partial charge in [-0.3, -0.25) is 19.1 Å². The number of amides is 3. The zero-order valence-corrected chi connectivity index (χ0v) is 28.0. The summed E-state index contributed by atoms with van der Waals surface area (Å²) in [5, 5.41) is 10.7. The smallest absolute Gasteiger partial charge is 0.272 e. The Morgan fingerprint density at radius 2 is 1.78 bits per heavy atom. The minimum Gasteiger partial charge on any atom is -0.496 e. The van der Waals surface area contributed by atoms with Crippen molar-refractivity contribution in [1.82, 2.24) is 25.3 Å². The van der Waals surface area contributed by atoms with Crippen LogP contribution in [0.5, 0.6) is 11.5 Å². The van der Waals surface area contributed by atoms with Crippen LogP contribution >= 0.6 is 0 Å². The van der Waals surface area contributed by atoms with Crippen LogP contribution in [-0.4, -0.2) is 66.2 Å². The Bertz CT molecular complexity index is 1470. The van der Waals surface area contributed by atoms with E-state index in [4.69, 9.17) is 14.6 Å². The van der Waals surface area contributed by atoms with Gasteiger partial charge in [-0.05, 0) is 54.9 Å². The standard InChI is InChI=1S/C36H49N5O5/c1-24(2)18-27(20-33(42)37-22-34(43)40(4)5)38-36(44)29-21-30(41(39-29)28-15-10-12-25(3)19-28)35-31(45-6)16-11-17-32(35)46-23-26-13-8-7-9-14-26/h7-9,11,13-14,16-17,21,24-25,27-28H,10,12,15,18-20,22-23H2,1-6H3,(H,37,42)(H,38,44)/t25?,27-,28?/m0/s1. The monoisotopic (exact) mass is 631 g/mol. The summed E-state index contributed by atoms with van der Waals surface area (Å²) < 4.78 is 14.2. The van der Waals surface area contributed by atoms with Crippen molar-refractivity contribution in [3.8, 4) is 22.8 Å². The van der Waals surface area contributed by atoms with Crippen LogP contribution in [0.1, 0.15) is 81.4 Å². The molecule has 1 aliphatic carbocycles. The molecule has 3 aromatic rings. The van der Waals surface area contributed by atoms with Crippen LogP contribution in [-0.2, 0) is 16.2 Å². The minimum atomic E-state index is -0.429. The summed E-state index contributed by atoms with van der Waals surface area (Å²) in [5.41, 5.74) is 2.81. The summed E-state index contributed by atoms with van der Waals surface area (Å²) in [5.74, 6) is 1.19. The molecule has 0 aliphatic heterocycles. The highest BCUT2D eigenvalue weighted by Crippen LogP contribution is 2.42. The summed E-state index contributed by atoms with van der Waals surface area (Å²) in [6.07, 6.45) is 4.81. The second-order valence-corrected chi connectivity index (χ2v) is 13.0. The van der Waals surface area contributed by atoms with Crippen LogP contribution in [0, 0.1) is 11.8 Å². The average molecular weight is 632 g/mol. The summed E-state index contributed by atoms with van der Waals surface area (Å²) in [4.78, 5) is 40.0. The van der Waals surface area contributed by atoms with Crippen molar-refractivity contribution in [1.29, 1.82) is 0 Å². The van der Waals surface area contributed by atoms with E-state index in [2.05, 4.69) is 17.6 Å². The second kappa shape index (κ2) is 16.3. The Balaban J connectivity index is 1.65. The molecule has 4 rings (SSSR count). The largest absolute Gasteiger partial charge is 0.496 e. The number of carbonyl (C=O) groups is 3. The molecular weight excluding hydrogens is 582 g/mol. The van der Waals surface area contributed by atoms with Crippen molar-refractivity contribution in [2.45, 2.75) is 78.0 Å². The van der Waals surface area contributed by atoms with Gasteiger partial charge in [-0.25, -0.2) is 0 Å². The Hall–Kier alpha value is -4.34. The van der Waals surface area contributed by atoms with E-state index in [9.17, 15) is 14.4 Å². The predicted octanol–water partition coefficient (Wildman–Crippen LogP) is 5.63. The molecule has 0 spiro atoms. The summed E-state index contributed by atoms with van der Waals surface area (Å²) in [6.45, 7) is 6.64. The molecule has 248 valence electrons. The van der Waals surface area contributed by atoms with E-state index < -0.39 is 6.04 Å². The molecular formula is C36H49N5O5. The number of benzene rings is 2. The molecule has 1 fully saturated rings. The molecule has 0 saturated heterocycles. The zero-order chi connectivity index (χ0) is 33.2. The van der Waals surface area contributed by atoms with Crippen molar-refractivity contribution in [2.24, 2.45) is 11.8 Å². The van der Waals surface area contributed by atoms with Gasteiger partial charge in [-0.15, -0.1) is 0 Å². The number of hydrogen-bond acceptors (Lipinski definition) is 6. The molecule has 1 heterocycles. The van der Waals surface area contributed by atoms with Crippen LogP contribution in [0.25, 0.3) is 11.3 Å². The Morgan fingerprint density at radius 3 is 2.46 bits per heavy atom. The number of likely N-dealkylation sites (N-methyl/N-ethyl adjacent to an activating group) is 1. The quantitative estimate of drug-likeness (QED) is 0.239. The van der Waals surface area contributed by atoms with E-state index in [1.54, 1.807) is 21.2 Å². The van der Waals surface area contributed by atoms with Gasteiger partial charge in [-0.2, -0.15) is 5.10 Å². The van der Waals surface area contributed by atoms with Gasteiger partial charge in [0.15, 0.2) is 5.69 Å². The van der Waals surface area contributed by atoms with Crippen molar-refractivity contribution in [3.05, 3.63) is 65.9 Å². The molecule has 2 aromatic carbocycles. The summed E-state index contributed by atoms with van der Waals surface area (Å²) in [6, 6.07) is 17.2. The fraction of sp³-hybridized carbons (Fsp3) is 0.500. The molecule has 10 heteroatoms. The molecule has 3 atom stereocenters. The first kappa shape index (κ1) is 34.5. The average Bonchev–Trinajstić information content (AvgIpc) is 3.48. The van der Waals surface area contributed by atoms with Gasteiger partial charge >= 0.3 is 0 Å². The molecule has 2 N–H and O–H groups in total. The molecule has 3 amide bonds. The Labute approximate surface area is 272 Å². The second-order valence-electron chi connectivity index (χ2n) is 13.0. The lowest BCUT2D eigenvalue weighted by Crippen LogP contribution is -2.42. The highest BCUT2D eigenvalue weighted by molar-refractivity contribution is 5.94. The van der Waals surface area contributed by atoms with Gasteiger partial charge in [0.05, 0.1) is 31.0 Å². The first-order chi connectivity index (χ1) is 22.0. The van der Waals surface area contributed by atoms with Crippen molar-refractivity contribution in [3.63, 3.8) is 0 Å². The number of methoxy groups -OCH3 is 1. The number of ether oxygens (including phenoxy) is 2. The lowest BCUT2D eigenvalue weighted by molar-refractivity contribution is -0.131. The molecule has 1 aromatic heterocycles. The third-order valence-electron chi connectivity index (χ3n) is 8.38. The first-order valence-corrected chi connectivity index (χ1v) is 16.3. The van der Waals surface area contributed by atoms with Crippen LogP contribution in [0.2, 0.25) is 0 Å². The third kappa shape index (κ3) is 9.34. The van der Waals surface area contributed by atoms with Crippen molar-refractivity contribution < 1.29 is 23.9 Å². The number of nitrogens with zero attached hydrogens (tertiary/aromatic N) is 3. The van der Waals surface area contributed by atoms with Crippen LogP contribution in [0.3, 0.4) is 0 Å². The van der Waals surface area contributed by atoms with Crippen LogP contribution in [0.15, 0.2) is 54.6 Å². The fourth-order valence-electron chi connectivity index (χ4n) is 6.03. The maximum absolute atomic E-state index is 13.8. The maximum atomic E-state index is 13.8. The molecule has 1 saturated carbocycles. The van der Waals surface area contributed by atoms with Gasteiger partial charge in [0.1, 0.15) is 18.1 Å². The van der Waals surface area contributed by atoms with E-state index in [-0.39, 0.29) is 48.3 Å². The third-order valence-corrected chi connectivity index (χ3v) is 8.38. The predicted molar refractivity (Wildman–Crippen MR) is 179 cm³/mol. The first-order valence-electron chi connectivity index (χ1n) is 16.3. The van der Waals surface area contributed by atoms with Gasteiger partial charge in [0, 0.05) is 26.6 Å². The number of nitrogens with one attached hydrogen (secondary N) is 2. The molecule has 10 nitrogen and oxygen atoms in total. The number of hydrogen-bond donors (Lipinski definition) is 2. The summed E-state index contributed by atoms with van der Waals surface area (Å²) >= 11 is 0. The van der Waals surface area contributed by atoms with Gasteiger partial charge in [0.25, 0.3) is 5.91 Å². The van der Waals surface area contributed by atoms with E-state index >= 15 is 0 Å². The summed E-state index contributed by atoms with van der Waals surface area (Å²) in [7, 11) is 4.91. The molecule has 2 unspecified atom stereocenters. The lowest BCUT2D eigenvalue weighted by atomic mass is 9.87. The topological polar surface area (TPSA) is 115 Å². The lowest BCUT2D eigenvalue weighted by Gasteiger charge is -2.29. The van der Waals surface area contributed by atoms with Gasteiger partial charge < -0.3 is 25.0 Å². The molecule has 1 aliphatic rings. The number of aromatic nitrogens is 2. The van der Waals surface area contributed by atoms with Crippen LogP contribution < -0.4 is 20.1 Å². The van der Waals surface area contributed by atoms with E-state index in [0.29, 0.717) is 30.4 Å². The normalized spacial score (nSPS) is 16.8. The van der Waals surface area contributed by atoms with Crippen molar-refractivity contribution in [2.75, 3.05) is 27.7 Å². The SMILES string of the molecule is COc1cccc(OCc2ccccc2)c1-c1cc(C(=O)N[C@H](CC(=O)NCC(=O)N(C)C)CC(C)C)nn1C1CCCC(C)C1. The number of rotatable bonds is 14. The van der Waals surface area contributed by atoms with E-state index in [1.165, 1.54) is 11.3 Å². The molecule has 0 radical (unpaired) electrons. The van der Waals surface area contributed by atoms with E-state index in [0.717, 1.165) is 36.1 Å². The number of carbonyl (C=O) groups excluding carboxylic acids is 3. The van der Waals surface area contributed by atoms with Gasteiger partial charge in [0.2, 0.25) is 11.8 Å². The molecule has 46 heavy (non-hydrogen) atoms. The zero-order valence-electron chi connectivity index (χ0n) is 28.0.